The first kappa shape index (κ1) is 16.4. The molecule has 1 N–H and O–H groups in total. The third-order valence-electron chi connectivity index (χ3n) is 2.96. The first-order valence-corrected chi connectivity index (χ1v) is 6.37. The number of esters is 1. The van der Waals surface area contributed by atoms with Crippen LogP contribution in [0.5, 0.6) is 0 Å². The van der Waals surface area contributed by atoms with Crippen molar-refractivity contribution in [3.8, 4) is 6.07 Å². The second kappa shape index (κ2) is 6.44. The highest BCUT2D eigenvalue weighted by molar-refractivity contribution is 5.86. The van der Waals surface area contributed by atoms with Gasteiger partial charge in [-0.3, -0.25) is 0 Å². The number of furan rings is 1. The summed E-state index contributed by atoms with van der Waals surface area (Å²) < 4.78 is 47.8. The number of methoxy groups -OCH3 is 1. The molecule has 0 aliphatic carbocycles. The van der Waals surface area contributed by atoms with E-state index in [0.717, 1.165) is 12.1 Å². The highest BCUT2D eigenvalue weighted by Crippen LogP contribution is 2.33. The average molecular weight is 324 g/mol. The Morgan fingerprint density at radius 1 is 1.35 bits per heavy atom. The Morgan fingerprint density at radius 3 is 2.70 bits per heavy atom. The Morgan fingerprint density at radius 2 is 2.09 bits per heavy atom. The summed E-state index contributed by atoms with van der Waals surface area (Å²) in [6.07, 6.45) is -4.58. The Labute approximate surface area is 129 Å². The van der Waals surface area contributed by atoms with Crippen LogP contribution in [0.1, 0.15) is 27.4 Å². The maximum Gasteiger partial charge on any atom is 0.417 e. The van der Waals surface area contributed by atoms with Crippen LogP contribution in [0.25, 0.3) is 0 Å². The number of benzene rings is 1. The fourth-order valence-electron chi connectivity index (χ4n) is 1.87. The number of nitrogens with zero attached hydrogens (tertiary/aromatic N) is 1. The smallest absolute Gasteiger partial charge is 0.417 e. The zero-order valence-corrected chi connectivity index (χ0v) is 11.9. The van der Waals surface area contributed by atoms with Gasteiger partial charge in [0.1, 0.15) is 5.76 Å². The van der Waals surface area contributed by atoms with Crippen molar-refractivity contribution in [2.45, 2.75) is 12.7 Å². The number of alkyl halides is 3. The molecule has 120 valence electrons. The molecule has 1 heterocycles. The molecule has 0 aliphatic rings. The maximum atomic E-state index is 12.7. The molecule has 8 heteroatoms. The number of ether oxygens (including phenoxy) is 1. The lowest BCUT2D eigenvalue weighted by Gasteiger charge is -2.11. The molecule has 0 fully saturated rings. The number of nitriles is 1. The standard InChI is InChI=1S/C15H11F3N2O3/c1-22-14(21)13-5-3-11(23-13)8-20-10-2-4-12(15(16,17)18)9(6-10)7-19/h2-6,20H,8H2,1H3. The van der Waals surface area contributed by atoms with Gasteiger partial charge in [-0.15, -0.1) is 0 Å². The SMILES string of the molecule is COC(=O)c1ccc(CNc2ccc(C(F)(F)F)c(C#N)c2)o1. The fourth-order valence-corrected chi connectivity index (χ4v) is 1.87. The third-order valence-corrected chi connectivity index (χ3v) is 2.96. The van der Waals surface area contributed by atoms with E-state index in [2.05, 4.69) is 10.1 Å². The molecule has 1 aromatic heterocycles. The second-order valence-electron chi connectivity index (χ2n) is 4.48. The van der Waals surface area contributed by atoms with Crippen LogP contribution < -0.4 is 5.32 Å². The fraction of sp³-hybridized carbons (Fsp3) is 0.200. The van der Waals surface area contributed by atoms with Gasteiger partial charge in [0.05, 0.1) is 30.9 Å². The minimum Gasteiger partial charge on any atom is -0.463 e. The molecule has 2 aromatic rings. The molecule has 0 aliphatic heterocycles. The molecule has 1 aromatic carbocycles. The Balaban J connectivity index is 2.11. The predicted octanol–water partition coefficient (Wildman–Crippen LogP) is 3.57. The van der Waals surface area contributed by atoms with E-state index in [1.165, 1.54) is 31.4 Å². The molecule has 0 radical (unpaired) electrons. The summed E-state index contributed by atoms with van der Waals surface area (Å²) in [4.78, 5) is 11.2. The van der Waals surface area contributed by atoms with Crippen molar-refractivity contribution in [1.29, 1.82) is 5.26 Å². The number of nitrogens with one attached hydrogen (secondary N) is 1. The lowest BCUT2D eigenvalue weighted by molar-refractivity contribution is -0.137. The van der Waals surface area contributed by atoms with Gasteiger partial charge in [-0.25, -0.2) is 4.79 Å². The average Bonchev–Trinajstić information content (AvgIpc) is 2.99. The van der Waals surface area contributed by atoms with Gasteiger partial charge in [-0.2, -0.15) is 18.4 Å². The molecule has 0 unspecified atom stereocenters. The quantitative estimate of drug-likeness (QED) is 0.870. The third kappa shape index (κ3) is 3.83. The van der Waals surface area contributed by atoms with Crippen LogP contribution >= 0.6 is 0 Å². The number of hydrogen-bond donors (Lipinski definition) is 1. The van der Waals surface area contributed by atoms with E-state index in [1.54, 1.807) is 0 Å². The number of hydrogen-bond acceptors (Lipinski definition) is 5. The molecule has 0 saturated heterocycles. The van der Waals surface area contributed by atoms with Crippen molar-refractivity contribution in [2.24, 2.45) is 0 Å². The van der Waals surface area contributed by atoms with Gasteiger partial charge >= 0.3 is 12.1 Å². The normalized spacial score (nSPS) is 10.9. The monoisotopic (exact) mass is 324 g/mol. The zero-order valence-electron chi connectivity index (χ0n) is 11.9. The van der Waals surface area contributed by atoms with Gasteiger partial charge in [0, 0.05) is 5.69 Å². The Bertz CT molecular complexity index is 760. The number of carbonyl (C=O) groups excluding carboxylic acids is 1. The minimum atomic E-state index is -4.58. The molecular weight excluding hydrogens is 313 g/mol. The maximum absolute atomic E-state index is 12.7. The van der Waals surface area contributed by atoms with E-state index in [1.807, 2.05) is 0 Å². The summed E-state index contributed by atoms with van der Waals surface area (Å²) in [6, 6.07) is 7.64. The van der Waals surface area contributed by atoms with Gasteiger partial charge in [0.15, 0.2) is 0 Å². The van der Waals surface area contributed by atoms with Gasteiger partial charge in [0.25, 0.3) is 0 Å². The van der Waals surface area contributed by atoms with Gasteiger partial charge in [0.2, 0.25) is 5.76 Å². The van der Waals surface area contributed by atoms with Crippen LogP contribution in [0.2, 0.25) is 0 Å². The van der Waals surface area contributed by atoms with Gasteiger partial charge in [-0.05, 0) is 30.3 Å². The molecule has 0 bridgehead atoms. The topological polar surface area (TPSA) is 75.3 Å². The molecule has 0 amide bonds. The molecule has 0 saturated carbocycles. The van der Waals surface area contributed by atoms with Crippen molar-refractivity contribution < 1.29 is 27.1 Å². The molecule has 0 atom stereocenters. The van der Waals surface area contributed by atoms with Crippen LogP contribution in [-0.4, -0.2) is 13.1 Å². The van der Waals surface area contributed by atoms with E-state index in [4.69, 9.17) is 9.68 Å². The van der Waals surface area contributed by atoms with Gasteiger partial charge in [-0.1, -0.05) is 0 Å². The van der Waals surface area contributed by atoms with E-state index in [9.17, 15) is 18.0 Å². The van der Waals surface area contributed by atoms with Crippen molar-refractivity contribution in [2.75, 3.05) is 12.4 Å². The number of anilines is 1. The van der Waals surface area contributed by atoms with Gasteiger partial charge < -0.3 is 14.5 Å². The first-order valence-electron chi connectivity index (χ1n) is 6.37. The lowest BCUT2D eigenvalue weighted by Crippen LogP contribution is -2.08. The summed E-state index contributed by atoms with van der Waals surface area (Å²) >= 11 is 0. The van der Waals surface area contributed by atoms with Crippen LogP contribution in [0, 0.1) is 11.3 Å². The molecule has 5 nitrogen and oxygen atoms in total. The van der Waals surface area contributed by atoms with Crippen LogP contribution in [0.4, 0.5) is 18.9 Å². The number of rotatable bonds is 4. The van der Waals surface area contributed by atoms with Crippen molar-refractivity contribution in [3.05, 3.63) is 53.0 Å². The number of halogens is 3. The van der Waals surface area contributed by atoms with E-state index in [0.29, 0.717) is 11.4 Å². The summed E-state index contributed by atoms with van der Waals surface area (Å²) in [5.41, 5.74) is -1.14. The highest BCUT2D eigenvalue weighted by Gasteiger charge is 2.33. The summed E-state index contributed by atoms with van der Waals surface area (Å²) in [5, 5.41) is 11.7. The van der Waals surface area contributed by atoms with E-state index < -0.39 is 23.3 Å². The van der Waals surface area contributed by atoms with E-state index in [-0.39, 0.29) is 12.3 Å². The van der Waals surface area contributed by atoms with Crippen LogP contribution in [0.15, 0.2) is 34.7 Å². The number of carbonyl (C=O) groups is 1. The summed E-state index contributed by atoms with van der Waals surface area (Å²) in [7, 11) is 1.22. The van der Waals surface area contributed by atoms with Crippen molar-refractivity contribution in [1.82, 2.24) is 0 Å². The Kier molecular flexibility index (Phi) is 4.60. The van der Waals surface area contributed by atoms with Crippen molar-refractivity contribution >= 4 is 11.7 Å². The van der Waals surface area contributed by atoms with Crippen molar-refractivity contribution in [3.63, 3.8) is 0 Å². The largest absolute Gasteiger partial charge is 0.463 e. The lowest BCUT2D eigenvalue weighted by atomic mass is 10.1. The zero-order chi connectivity index (χ0) is 17.0. The molecule has 23 heavy (non-hydrogen) atoms. The summed E-state index contributed by atoms with van der Waals surface area (Å²) in [5.74, 6) is -0.212. The first-order chi connectivity index (χ1) is 10.8. The molecule has 0 spiro atoms. The van der Waals surface area contributed by atoms with Crippen LogP contribution in [0.3, 0.4) is 0 Å². The molecule has 2 rings (SSSR count). The predicted molar refractivity (Wildman–Crippen MR) is 73.5 cm³/mol. The highest BCUT2D eigenvalue weighted by atomic mass is 19.4. The minimum absolute atomic E-state index is 0.0226. The van der Waals surface area contributed by atoms with E-state index >= 15 is 0 Å². The summed E-state index contributed by atoms with van der Waals surface area (Å²) in [6.45, 7) is 0.132. The molecular formula is C15H11F3N2O3. The van der Waals surface area contributed by atoms with Crippen LogP contribution in [-0.2, 0) is 17.5 Å². The Hall–Kier alpha value is -2.95. The second-order valence-corrected chi connectivity index (χ2v) is 4.48.